The monoisotopic (exact) mass is 256 g/mol. The fourth-order valence-electron chi connectivity index (χ4n) is 2.01. The highest BCUT2D eigenvalue weighted by molar-refractivity contribution is 5.25. The second-order valence-electron chi connectivity index (χ2n) is 4.60. The van der Waals surface area contributed by atoms with E-state index < -0.39 is 5.79 Å². The predicted octanol–water partition coefficient (Wildman–Crippen LogP) is 3.26. The molecule has 1 saturated heterocycles. The summed E-state index contributed by atoms with van der Waals surface area (Å²) in [5, 5.41) is 0. The summed E-state index contributed by atoms with van der Waals surface area (Å²) in [7, 11) is 0. The third-order valence-corrected chi connectivity index (χ3v) is 3.22. The fourth-order valence-corrected chi connectivity index (χ4v) is 2.01. The van der Waals surface area contributed by atoms with Crippen LogP contribution in [-0.4, -0.2) is 18.5 Å². The Morgan fingerprint density at radius 1 is 0.895 bits per heavy atom. The molecule has 3 rings (SSSR count). The Bertz CT molecular complexity index is 483. The highest BCUT2D eigenvalue weighted by atomic mass is 16.8. The molecule has 0 aromatic heterocycles. The summed E-state index contributed by atoms with van der Waals surface area (Å²) in [5.74, 6) is 0.838. The van der Waals surface area contributed by atoms with E-state index in [-0.39, 0.29) is 6.10 Å². The Balaban J connectivity index is 1.80. The molecule has 0 bridgehead atoms. The lowest BCUT2D eigenvalue weighted by Crippen LogP contribution is -2.64. The van der Waals surface area contributed by atoms with Crippen LogP contribution in [0, 0.1) is 0 Å². The quantitative estimate of drug-likeness (QED) is 0.786. The van der Waals surface area contributed by atoms with Crippen molar-refractivity contribution in [3.05, 3.63) is 60.7 Å². The summed E-state index contributed by atoms with van der Waals surface area (Å²) in [6.07, 6.45) is -0.104. The molecule has 1 aliphatic heterocycles. The van der Waals surface area contributed by atoms with Crippen molar-refractivity contribution in [3.63, 3.8) is 0 Å². The van der Waals surface area contributed by atoms with Gasteiger partial charge >= 0.3 is 5.79 Å². The van der Waals surface area contributed by atoms with Crippen molar-refractivity contribution in [3.8, 4) is 11.5 Å². The number of ether oxygens (including phenoxy) is 3. The summed E-state index contributed by atoms with van der Waals surface area (Å²) >= 11 is 0. The van der Waals surface area contributed by atoms with Gasteiger partial charge in [0.15, 0.2) is 0 Å². The van der Waals surface area contributed by atoms with Gasteiger partial charge in [0.05, 0.1) is 0 Å². The molecule has 1 aliphatic rings. The highest BCUT2D eigenvalue weighted by Gasteiger charge is 2.51. The number of hydrogen-bond donors (Lipinski definition) is 0. The maximum atomic E-state index is 6.01. The van der Waals surface area contributed by atoms with Gasteiger partial charge in [0, 0.05) is 0 Å². The van der Waals surface area contributed by atoms with Gasteiger partial charge in [0.25, 0.3) is 0 Å². The van der Waals surface area contributed by atoms with Gasteiger partial charge in [-0.05, 0) is 31.2 Å². The SMILES string of the molecule is CC1OCC1(Oc1ccccc1)Oc1ccccc1. The van der Waals surface area contributed by atoms with Gasteiger partial charge in [-0.3, -0.25) is 0 Å². The third kappa shape index (κ3) is 2.42. The molecule has 0 spiro atoms. The first-order valence-corrected chi connectivity index (χ1v) is 6.38. The molecule has 0 aliphatic carbocycles. The van der Waals surface area contributed by atoms with Gasteiger partial charge in [0.1, 0.15) is 24.2 Å². The van der Waals surface area contributed by atoms with Crippen LogP contribution >= 0.6 is 0 Å². The molecule has 1 atom stereocenters. The van der Waals surface area contributed by atoms with E-state index in [1.165, 1.54) is 0 Å². The van der Waals surface area contributed by atoms with Gasteiger partial charge < -0.3 is 14.2 Å². The van der Waals surface area contributed by atoms with Crippen LogP contribution in [0.3, 0.4) is 0 Å². The maximum absolute atomic E-state index is 6.01. The molecule has 3 heteroatoms. The molecule has 0 saturated carbocycles. The van der Waals surface area contributed by atoms with Crippen molar-refractivity contribution in [1.29, 1.82) is 0 Å². The molecule has 1 heterocycles. The van der Waals surface area contributed by atoms with E-state index in [1.54, 1.807) is 0 Å². The minimum Gasteiger partial charge on any atom is -0.448 e. The Labute approximate surface area is 112 Å². The summed E-state index contributed by atoms with van der Waals surface area (Å²) < 4.78 is 17.5. The Hall–Kier alpha value is -2.00. The number of rotatable bonds is 4. The second kappa shape index (κ2) is 4.94. The Morgan fingerprint density at radius 3 is 1.68 bits per heavy atom. The average molecular weight is 256 g/mol. The normalized spacial score (nSPS) is 20.4. The second-order valence-corrected chi connectivity index (χ2v) is 4.60. The lowest BCUT2D eigenvalue weighted by Gasteiger charge is -2.46. The largest absolute Gasteiger partial charge is 0.448 e. The van der Waals surface area contributed by atoms with Gasteiger partial charge in [-0.1, -0.05) is 36.4 Å². The smallest absolute Gasteiger partial charge is 0.300 e. The van der Waals surface area contributed by atoms with Crippen LogP contribution in [0.4, 0.5) is 0 Å². The van der Waals surface area contributed by atoms with E-state index in [2.05, 4.69) is 0 Å². The Morgan fingerprint density at radius 2 is 1.37 bits per heavy atom. The molecule has 98 valence electrons. The standard InChI is InChI=1S/C16H16O3/c1-13-16(12-17-13,18-14-8-4-2-5-9-14)19-15-10-6-3-7-11-15/h2-11,13H,12H2,1H3. The zero-order valence-electron chi connectivity index (χ0n) is 10.8. The van der Waals surface area contributed by atoms with Crippen LogP contribution < -0.4 is 9.47 Å². The first-order valence-electron chi connectivity index (χ1n) is 6.38. The molecular formula is C16H16O3. The van der Waals surface area contributed by atoms with Gasteiger partial charge in [-0.25, -0.2) is 0 Å². The van der Waals surface area contributed by atoms with E-state index >= 15 is 0 Å². The minimum absolute atomic E-state index is 0.104. The molecule has 1 unspecified atom stereocenters. The lowest BCUT2D eigenvalue weighted by molar-refractivity contribution is -0.306. The van der Waals surface area contributed by atoms with Crippen LogP contribution in [0.2, 0.25) is 0 Å². The first-order chi connectivity index (χ1) is 9.28. The van der Waals surface area contributed by atoms with Crippen LogP contribution in [0.25, 0.3) is 0 Å². The van der Waals surface area contributed by atoms with Crippen LogP contribution in [-0.2, 0) is 4.74 Å². The molecule has 0 radical (unpaired) electrons. The number of benzene rings is 2. The van der Waals surface area contributed by atoms with E-state index in [0.29, 0.717) is 6.61 Å². The first kappa shape index (κ1) is 12.1. The van der Waals surface area contributed by atoms with Crippen molar-refractivity contribution in [2.45, 2.75) is 18.8 Å². The van der Waals surface area contributed by atoms with E-state index in [4.69, 9.17) is 14.2 Å². The van der Waals surface area contributed by atoms with Crippen molar-refractivity contribution in [2.75, 3.05) is 6.61 Å². The van der Waals surface area contributed by atoms with Gasteiger partial charge in [-0.15, -0.1) is 0 Å². The number of para-hydroxylation sites is 2. The van der Waals surface area contributed by atoms with Crippen molar-refractivity contribution >= 4 is 0 Å². The van der Waals surface area contributed by atoms with Gasteiger partial charge in [0.2, 0.25) is 0 Å². The van der Waals surface area contributed by atoms with Crippen LogP contribution in [0.1, 0.15) is 6.92 Å². The van der Waals surface area contributed by atoms with Gasteiger partial charge in [-0.2, -0.15) is 0 Å². The van der Waals surface area contributed by atoms with Crippen molar-refractivity contribution in [2.24, 2.45) is 0 Å². The topological polar surface area (TPSA) is 27.7 Å². The van der Waals surface area contributed by atoms with Crippen molar-refractivity contribution in [1.82, 2.24) is 0 Å². The molecule has 2 aromatic rings. The molecule has 19 heavy (non-hydrogen) atoms. The fraction of sp³-hybridized carbons (Fsp3) is 0.250. The van der Waals surface area contributed by atoms with Crippen LogP contribution in [0.5, 0.6) is 11.5 Å². The maximum Gasteiger partial charge on any atom is 0.300 e. The molecular weight excluding hydrogens is 240 g/mol. The average Bonchev–Trinajstić information content (AvgIpc) is 2.47. The predicted molar refractivity (Wildman–Crippen MR) is 72.3 cm³/mol. The molecule has 2 aromatic carbocycles. The van der Waals surface area contributed by atoms with E-state index in [0.717, 1.165) is 11.5 Å². The summed E-state index contributed by atoms with van der Waals surface area (Å²) in [4.78, 5) is 0. The Kier molecular flexibility index (Phi) is 3.13. The molecule has 0 N–H and O–H groups in total. The summed E-state index contributed by atoms with van der Waals surface area (Å²) in [6.45, 7) is 2.38. The summed E-state index contributed by atoms with van der Waals surface area (Å²) in [5.41, 5.74) is 0. The van der Waals surface area contributed by atoms with Crippen LogP contribution in [0.15, 0.2) is 60.7 Å². The van der Waals surface area contributed by atoms with Crippen molar-refractivity contribution < 1.29 is 14.2 Å². The van der Waals surface area contributed by atoms with E-state index in [9.17, 15) is 0 Å². The zero-order valence-corrected chi connectivity index (χ0v) is 10.8. The number of hydrogen-bond acceptors (Lipinski definition) is 3. The minimum atomic E-state index is -0.733. The molecule has 3 nitrogen and oxygen atoms in total. The third-order valence-electron chi connectivity index (χ3n) is 3.22. The molecule has 0 amide bonds. The highest BCUT2D eigenvalue weighted by Crippen LogP contribution is 2.33. The summed E-state index contributed by atoms with van der Waals surface area (Å²) in [6, 6.07) is 19.3. The lowest BCUT2D eigenvalue weighted by atomic mass is 10.1. The molecule has 1 fully saturated rings. The zero-order chi connectivity index (χ0) is 13.1. The van der Waals surface area contributed by atoms with E-state index in [1.807, 2.05) is 67.6 Å².